The number of carbonyl (C=O) groups excluding carboxylic acids is 1. The molecule has 0 aliphatic carbocycles. The molecule has 1 aliphatic heterocycles. The predicted molar refractivity (Wildman–Crippen MR) is 228 cm³/mol. The van der Waals surface area contributed by atoms with Crippen LogP contribution in [0.25, 0.3) is 0 Å². The maximum absolute atomic E-state index is 14.0. The largest absolute Gasteiger partial charge is 0.478 e. The lowest BCUT2D eigenvalue weighted by Gasteiger charge is -2.43. The number of carboxylic acids is 1. The summed E-state index contributed by atoms with van der Waals surface area (Å²) < 4.78 is 43.4. The molecule has 5 atom stereocenters. The van der Waals surface area contributed by atoms with Crippen molar-refractivity contribution in [2.45, 2.75) is 60.2 Å². The summed E-state index contributed by atoms with van der Waals surface area (Å²) in [6.45, 7) is 1.77. The monoisotopic (exact) mass is 828 g/mol. The van der Waals surface area contributed by atoms with Crippen LogP contribution in [0.5, 0.6) is 0 Å². The number of ether oxygens (including phenoxy) is 2. The molecular weight excluding hydrogens is 785 g/mol. The Labute approximate surface area is 348 Å². The highest BCUT2D eigenvalue weighted by molar-refractivity contribution is 7.99. The number of carbonyl (C=O) groups is 2. The van der Waals surface area contributed by atoms with E-state index in [1.807, 2.05) is 97.9 Å². The second kappa shape index (κ2) is 19.0. The van der Waals surface area contributed by atoms with Crippen molar-refractivity contribution in [3.8, 4) is 0 Å². The minimum atomic E-state index is -4.05. The number of benzene rings is 6. The van der Waals surface area contributed by atoms with Crippen LogP contribution in [-0.2, 0) is 37.3 Å². The molecule has 6 aromatic carbocycles. The van der Waals surface area contributed by atoms with Crippen LogP contribution in [0, 0.1) is 6.92 Å². The van der Waals surface area contributed by atoms with Crippen molar-refractivity contribution in [1.82, 2.24) is 4.72 Å². The zero-order valence-electron chi connectivity index (χ0n) is 32.2. The first-order chi connectivity index (χ1) is 28.6. The van der Waals surface area contributed by atoms with Crippen LogP contribution in [0.2, 0.25) is 0 Å². The van der Waals surface area contributed by atoms with Crippen LogP contribution >= 0.6 is 11.8 Å². The van der Waals surface area contributed by atoms with Gasteiger partial charge >= 0.3 is 5.97 Å². The summed E-state index contributed by atoms with van der Waals surface area (Å²) in [5, 5.41) is 22.2. The number of aryl methyl sites for hydroxylation is 1. The van der Waals surface area contributed by atoms with Crippen molar-refractivity contribution >= 4 is 39.3 Å². The SMILES string of the molecule is Cc1ccc(S(=O)(=O)N[C@H](Cc2ccccc2)C(=O)Nc2cccc(C3O[C@H](CSc4ccc(C(=O)O)cc4)[C@@H](c4ccccc4)[C@H](c4ccc(CO)cc4)O3)c2)cc1. The Morgan fingerprint density at radius 2 is 1.39 bits per heavy atom. The van der Waals surface area contributed by atoms with Crippen LogP contribution < -0.4 is 10.0 Å². The van der Waals surface area contributed by atoms with E-state index in [0.29, 0.717) is 17.0 Å². The number of aliphatic hydroxyl groups is 1. The van der Waals surface area contributed by atoms with Gasteiger partial charge in [-0.1, -0.05) is 115 Å². The highest BCUT2D eigenvalue weighted by Gasteiger charge is 2.42. The second-order valence-electron chi connectivity index (χ2n) is 14.3. The summed E-state index contributed by atoms with van der Waals surface area (Å²) in [6, 6.07) is 46.0. The molecular formula is C47H44N2O8S2. The smallest absolute Gasteiger partial charge is 0.335 e. The van der Waals surface area contributed by atoms with Crippen LogP contribution in [-0.4, -0.2) is 48.4 Å². The van der Waals surface area contributed by atoms with E-state index in [9.17, 15) is 28.2 Å². The Kier molecular flexibility index (Phi) is 13.4. The van der Waals surface area contributed by atoms with Gasteiger partial charge in [0.2, 0.25) is 15.9 Å². The average Bonchev–Trinajstić information content (AvgIpc) is 3.26. The Morgan fingerprint density at radius 3 is 2.05 bits per heavy atom. The fourth-order valence-corrected chi connectivity index (χ4v) is 9.19. The molecule has 4 N–H and O–H groups in total. The topological polar surface area (TPSA) is 151 Å². The van der Waals surface area contributed by atoms with Crippen molar-refractivity contribution in [1.29, 1.82) is 0 Å². The van der Waals surface area contributed by atoms with Gasteiger partial charge in [0.15, 0.2) is 6.29 Å². The zero-order chi connectivity index (χ0) is 41.4. The van der Waals surface area contributed by atoms with Crippen LogP contribution in [0.15, 0.2) is 168 Å². The Bertz CT molecular complexity index is 2450. The van der Waals surface area contributed by atoms with Gasteiger partial charge in [-0.05, 0) is 84.1 Å². The van der Waals surface area contributed by atoms with Gasteiger partial charge < -0.3 is 25.0 Å². The molecule has 0 spiro atoms. The summed E-state index contributed by atoms with van der Waals surface area (Å²) in [5.74, 6) is -1.30. The maximum Gasteiger partial charge on any atom is 0.335 e. The molecule has 0 aromatic heterocycles. The molecule has 7 rings (SSSR count). The van der Waals surface area contributed by atoms with Gasteiger partial charge in [0.25, 0.3) is 0 Å². The third kappa shape index (κ3) is 10.5. The quantitative estimate of drug-likeness (QED) is 0.0748. The first kappa shape index (κ1) is 41.6. The van der Waals surface area contributed by atoms with Gasteiger partial charge in [-0.2, -0.15) is 4.72 Å². The number of aromatic carboxylic acids is 1. The lowest BCUT2D eigenvalue weighted by molar-refractivity contribution is -0.255. The van der Waals surface area contributed by atoms with Gasteiger partial charge in [0.1, 0.15) is 6.04 Å². The fraction of sp³-hybridized carbons (Fsp3) is 0.191. The number of hydrogen-bond acceptors (Lipinski definition) is 8. The van der Waals surface area contributed by atoms with Crippen LogP contribution in [0.3, 0.4) is 0 Å². The molecule has 1 saturated heterocycles. The summed E-state index contributed by atoms with van der Waals surface area (Å²) in [4.78, 5) is 26.5. The Morgan fingerprint density at radius 1 is 0.729 bits per heavy atom. The molecule has 1 unspecified atom stereocenters. The van der Waals surface area contributed by atoms with E-state index in [4.69, 9.17) is 9.47 Å². The minimum Gasteiger partial charge on any atom is -0.478 e. The number of thioether (sulfide) groups is 1. The molecule has 1 amide bonds. The fourth-order valence-electron chi connectivity index (χ4n) is 7.03. The number of carboxylic acid groups (broad SMARTS) is 1. The molecule has 302 valence electrons. The predicted octanol–water partition coefficient (Wildman–Crippen LogP) is 8.45. The lowest BCUT2D eigenvalue weighted by Crippen LogP contribution is -2.45. The van der Waals surface area contributed by atoms with Crippen LogP contribution in [0.4, 0.5) is 5.69 Å². The van der Waals surface area contributed by atoms with Gasteiger partial charge in [0, 0.05) is 27.8 Å². The standard InChI is InChI=1S/C47H44N2O8S2/c1-31-15-25-40(26-16-31)59(54,55)49-41(27-32-9-4-2-5-10-32)45(51)48-38-14-8-13-37(28-38)47-56-42(30-58-39-23-21-36(22-24-39)46(52)53)43(34-11-6-3-7-12-34)44(57-47)35-19-17-33(29-50)18-20-35/h2-26,28,41-44,47,49-50H,27,29-30H2,1H3,(H,48,51)(H,52,53)/t41-,42-,43-,44+,47?/m1/s1. The van der Waals surface area contributed by atoms with E-state index in [0.717, 1.165) is 32.7 Å². The van der Waals surface area contributed by atoms with Crippen molar-refractivity contribution in [3.63, 3.8) is 0 Å². The third-order valence-corrected chi connectivity index (χ3v) is 12.7. The van der Waals surface area contributed by atoms with E-state index in [2.05, 4.69) is 10.0 Å². The number of sulfonamides is 1. The molecule has 1 heterocycles. The molecule has 1 aliphatic rings. The Hall–Kier alpha value is -5.60. The van der Waals surface area contributed by atoms with Gasteiger partial charge in [-0.25, -0.2) is 13.2 Å². The van der Waals surface area contributed by atoms with Crippen LogP contribution in [0.1, 0.15) is 62.1 Å². The Balaban J connectivity index is 1.18. The molecule has 6 aromatic rings. The number of hydrogen-bond donors (Lipinski definition) is 4. The van der Waals surface area contributed by atoms with Gasteiger partial charge in [0.05, 0.1) is 29.3 Å². The number of anilines is 1. The molecule has 0 bridgehead atoms. The zero-order valence-corrected chi connectivity index (χ0v) is 33.8. The molecule has 10 nitrogen and oxygen atoms in total. The number of aliphatic hydroxyl groups excluding tert-OH is 1. The maximum atomic E-state index is 14.0. The van der Waals surface area contributed by atoms with E-state index in [1.165, 1.54) is 12.1 Å². The van der Waals surface area contributed by atoms with Crippen molar-refractivity contribution in [2.24, 2.45) is 0 Å². The molecule has 12 heteroatoms. The lowest BCUT2D eigenvalue weighted by atomic mass is 9.84. The number of nitrogens with one attached hydrogen (secondary N) is 2. The average molecular weight is 829 g/mol. The first-order valence-corrected chi connectivity index (χ1v) is 21.6. The van der Waals surface area contributed by atoms with E-state index >= 15 is 0 Å². The van der Waals surface area contributed by atoms with Gasteiger partial charge in [-0.3, -0.25) is 4.79 Å². The van der Waals surface area contributed by atoms with Crippen molar-refractivity contribution in [3.05, 3.63) is 197 Å². The van der Waals surface area contributed by atoms with Gasteiger partial charge in [-0.15, -0.1) is 11.8 Å². The third-order valence-electron chi connectivity index (χ3n) is 10.1. The number of amides is 1. The highest BCUT2D eigenvalue weighted by atomic mass is 32.2. The summed E-state index contributed by atoms with van der Waals surface area (Å²) in [6.07, 6.45) is -1.67. The minimum absolute atomic E-state index is 0.0573. The van der Waals surface area contributed by atoms with Crippen molar-refractivity contribution < 1.29 is 37.7 Å². The molecule has 0 saturated carbocycles. The number of rotatable bonds is 15. The highest BCUT2D eigenvalue weighted by Crippen LogP contribution is 2.48. The van der Waals surface area contributed by atoms with E-state index in [1.54, 1.807) is 66.4 Å². The second-order valence-corrected chi connectivity index (χ2v) is 17.1. The molecule has 0 radical (unpaired) electrons. The summed E-state index contributed by atoms with van der Waals surface area (Å²) in [7, 11) is -4.05. The summed E-state index contributed by atoms with van der Waals surface area (Å²) >= 11 is 1.55. The molecule has 59 heavy (non-hydrogen) atoms. The van der Waals surface area contributed by atoms with E-state index in [-0.39, 0.29) is 29.4 Å². The summed E-state index contributed by atoms with van der Waals surface area (Å²) in [5.41, 5.74) is 5.61. The van der Waals surface area contributed by atoms with Crippen molar-refractivity contribution in [2.75, 3.05) is 11.1 Å². The normalized spacial score (nSPS) is 18.5. The van der Waals surface area contributed by atoms with E-state index < -0.39 is 46.4 Å². The molecule has 1 fully saturated rings. The first-order valence-electron chi connectivity index (χ1n) is 19.1.